The smallest absolute Gasteiger partial charge is 0.319 e. The van der Waals surface area contributed by atoms with Crippen LogP contribution in [0.4, 0.5) is 16.2 Å². The Bertz CT molecular complexity index is 1020. The van der Waals surface area contributed by atoms with Gasteiger partial charge in [0.05, 0.1) is 17.1 Å². The van der Waals surface area contributed by atoms with Crippen LogP contribution in [-0.2, 0) is 6.42 Å². The van der Waals surface area contributed by atoms with Crippen molar-refractivity contribution < 1.29 is 9.21 Å². The number of anilines is 2. The average Bonchev–Trinajstić information content (AvgIpc) is 3.29. The summed E-state index contributed by atoms with van der Waals surface area (Å²) in [6.07, 6.45) is 2.25. The van der Waals surface area contributed by atoms with E-state index in [4.69, 9.17) is 4.42 Å². The van der Waals surface area contributed by atoms with Crippen LogP contribution in [0.2, 0.25) is 0 Å². The average molecular weight is 434 g/mol. The van der Waals surface area contributed by atoms with Gasteiger partial charge in [-0.15, -0.1) is 0 Å². The highest BCUT2D eigenvalue weighted by molar-refractivity contribution is 5.93. The van der Waals surface area contributed by atoms with Crippen LogP contribution in [0.1, 0.15) is 18.2 Å². The zero-order chi connectivity index (χ0) is 22.3. The quantitative estimate of drug-likeness (QED) is 0.585. The third-order valence-corrected chi connectivity index (χ3v) is 5.83. The van der Waals surface area contributed by atoms with Crippen LogP contribution in [0.25, 0.3) is 11.5 Å². The van der Waals surface area contributed by atoms with E-state index in [0.717, 1.165) is 55.4 Å². The lowest BCUT2D eigenvalue weighted by Gasteiger charge is -2.36. The largest absolute Gasteiger partial charge is 0.444 e. The van der Waals surface area contributed by atoms with Crippen molar-refractivity contribution in [2.24, 2.45) is 0 Å². The number of aryl methyl sites for hydroxylation is 1. The molecule has 2 N–H and O–H groups in total. The second-order valence-corrected chi connectivity index (χ2v) is 8.08. The van der Waals surface area contributed by atoms with Crippen molar-refractivity contribution in [1.29, 1.82) is 0 Å². The van der Waals surface area contributed by atoms with Crippen LogP contribution in [0.5, 0.6) is 0 Å². The first-order chi connectivity index (χ1) is 15.6. The van der Waals surface area contributed by atoms with Crippen molar-refractivity contribution in [3.05, 3.63) is 66.1 Å². The summed E-state index contributed by atoms with van der Waals surface area (Å²) >= 11 is 0. The first-order valence-corrected chi connectivity index (χ1v) is 11.2. The molecule has 0 aliphatic carbocycles. The molecule has 2 heterocycles. The zero-order valence-corrected chi connectivity index (χ0v) is 18.8. The molecule has 0 radical (unpaired) electrons. The number of carbonyl (C=O) groups excluding carboxylic acids is 1. The number of hydrogen-bond donors (Lipinski definition) is 2. The maximum atomic E-state index is 12.5. The van der Waals surface area contributed by atoms with E-state index in [2.05, 4.69) is 38.4 Å². The summed E-state index contributed by atoms with van der Waals surface area (Å²) in [5.74, 6) is 0.599. The maximum absolute atomic E-state index is 12.5. The van der Waals surface area contributed by atoms with Crippen molar-refractivity contribution in [2.75, 3.05) is 49.5 Å². The van der Waals surface area contributed by atoms with E-state index in [9.17, 15) is 4.79 Å². The number of benzene rings is 2. The summed E-state index contributed by atoms with van der Waals surface area (Å²) in [6.45, 7) is 9.80. The molecule has 7 nitrogen and oxygen atoms in total. The van der Waals surface area contributed by atoms with E-state index in [-0.39, 0.29) is 6.03 Å². The third kappa shape index (κ3) is 5.48. The molecule has 1 saturated heterocycles. The Kier molecular flexibility index (Phi) is 7.07. The molecule has 1 aliphatic heterocycles. The Balaban J connectivity index is 1.28. The number of likely N-dealkylation sites (N-methyl/N-ethyl adjacent to an activating group) is 1. The fraction of sp³-hybridized carbons (Fsp3) is 0.360. The van der Waals surface area contributed by atoms with Crippen LogP contribution in [0.3, 0.4) is 0 Å². The van der Waals surface area contributed by atoms with E-state index < -0.39 is 0 Å². The van der Waals surface area contributed by atoms with Gasteiger partial charge in [0.15, 0.2) is 0 Å². The van der Waals surface area contributed by atoms with Gasteiger partial charge in [-0.1, -0.05) is 36.8 Å². The highest BCUT2D eigenvalue weighted by Crippen LogP contribution is 2.26. The van der Waals surface area contributed by atoms with Gasteiger partial charge in [-0.25, -0.2) is 9.78 Å². The van der Waals surface area contributed by atoms with Crippen molar-refractivity contribution in [2.45, 2.75) is 20.3 Å². The molecule has 0 unspecified atom stereocenters. The first-order valence-electron chi connectivity index (χ1n) is 11.2. The minimum atomic E-state index is -0.216. The fourth-order valence-electron chi connectivity index (χ4n) is 3.88. The van der Waals surface area contributed by atoms with E-state index in [1.807, 2.05) is 49.4 Å². The van der Waals surface area contributed by atoms with Gasteiger partial charge >= 0.3 is 6.03 Å². The summed E-state index contributed by atoms with van der Waals surface area (Å²) in [7, 11) is 0. The van der Waals surface area contributed by atoms with Gasteiger partial charge in [0.25, 0.3) is 0 Å². The maximum Gasteiger partial charge on any atom is 0.319 e. The number of nitrogens with zero attached hydrogens (tertiary/aromatic N) is 3. The molecule has 4 rings (SSSR count). The molecule has 0 saturated carbocycles. The second-order valence-electron chi connectivity index (χ2n) is 8.08. The number of urea groups is 1. The number of piperazine rings is 1. The highest BCUT2D eigenvalue weighted by atomic mass is 16.3. The number of nitrogens with one attached hydrogen (secondary N) is 2. The van der Waals surface area contributed by atoms with Gasteiger partial charge in [0, 0.05) is 44.7 Å². The van der Waals surface area contributed by atoms with Gasteiger partial charge in [0.2, 0.25) is 5.89 Å². The Labute approximate surface area is 189 Å². The first kappa shape index (κ1) is 21.9. The molecule has 0 spiro atoms. The molecule has 3 aromatic rings. The lowest BCUT2D eigenvalue weighted by atomic mass is 10.1. The van der Waals surface area contributed by atoms with Crippen LogP contribution >= 0.6 is 0 Å². The summed E-state index contributed by atoms with van der Waals surface area (Å²) in [5.41, 5.74) is 4.86. The normalized spacial score (nSPS) is 14.4. The van der Waals surface area contributed by atoms with Gasteiger partial charge in [-0.2, -0.15) is 0 Å². The Morgan fingerprint density at radius 1 is 1.06 bits per heavy atom. The number of hydrogen-bond acceptors (Lipinski definition) is 5. The molecule has 1 aromatic heterocycles. The zero-order valence-electron chi connectivity index (χ0n) is 18.8. The highest BCUT2D eigenvalue weighted by Gasteiger charge is 2.18. The summed E-state index contributed by atoms with van der Waals surface area (Å²) in [4.78, 5) is 21.8. The molecule has 32 heavy (non-hydrogen) atoms. The van der Waals surface area contributed by atoms with Gasteiger partial charge in [-0.05, 0) is 37.7 Å². The monoisotopic (exact) mass is 433 g/mol. The number of aromatic nitrogens is 1. The SMILES string of the molecule is CCN1CCN(c2ccccc2NC(=O)NCCc2coc(-c3ccc(C)cc3)n2)CC1. The molecule has 2 aromatic carbocycles. The summed E-state index contributed by atoms with van der Waals surface area (Å²) < 4.78 is 5.59. The number of oxazole rings is 1. The van der Waals surface area contributed by atoms with E-state index in [1.54, 1.807) is 6.26 Å². The minimum Gasteiger partial charge on any atom is -0.444 e. The third-order valence-electron chi connectivity index (χ3n) is 5.83. The summed E-state index contributed by atoms with van der Waals surface area (Å²) in [6, 6.07) is 15.8. The Morgan fingerprint density at radius 3 is 2.56 bits per heavy atom. The predicted octanol–water partition coefficient (Wildman–Crippen LogP) is 4.16. The van der Waals surface area contributed by atoms with Crippen molar-refractivity contribution in [1.82, 2.24) is 15.2 Å². The van der Waals surface area contributed by atoms with E-state index >= 15 is 0 Å². The van der Waals surface area contributed by atoms with Crippen LogP contribution in [0, 0.1) is 6.92 Å². The molecule has 7 heteroatoms. The number of amides is 2. The van der Waals surface area contributed by atoms with Gasteiger partial charge in [-0.3, -0.25) is 0 Å². The van der Waals surface area contributed by atoms with E-state index in [1.165, 1.54) is 5.56 Å². The number of carbonyl (C=O) groups is 1. The predicted molar refractivity (Wildman–Crippen MR) is 128 cm³/mol. The molecule has 168 valence electrons. The van der Waals surface area contributed by atoms with Crippen molar-refractivity contribution in [3.63, 3.8) is 0 Å². The van der Waals surface area contributed by atoms with Gasteiger partial charge in [0.1, 0.15) is 6.26 Å². The lowest BCUT2D eigenvalue weighted by Crippen LogP contribution is -2.46. The van der Waals surface area contributed by atoms with Crippen LogP contribution in [-0.4, -0.2) is 55.2 Å². The lowest BCUT2D eigenvalue weighted by molar-refractivity contribution is 0.252. The summed E-state index contributed by atoms with van der Waals surface area (Å²) in [5, 5.41) is 5.93. The van der Waals surface area contributed by atoms with Crippen molar-refractivity contribution in [3.8, 4) is 11.5 Å². The molecule has 1 aliphatic rings. The Hall–Kier alpha value is -3.32. The van der Waals surface area contributed by atoms with Crippen molar-refractivity contribution >= 4 is 17.4 Å². The van der Waals surface area contributed by atoms with Gasteiger partial charge < -0.3 is 24.9 Å². The second kappa shape index (κ2) is 10.3. The minimum absolute atomic E-state index is 0.216. The molecule has 0 atom stereocenters. The van der Waals surface area contributed by atoms with Crippen LogP contribution in [0.15, 0.2) is 59.2 Å². The van der Waals surface area contributed by atoms with Crippen LogP contribution < -0.4 is 15.5 Å². The molecule has 1 fully saturated rings. The fourth-order valence-corrected chi connectivity index (χ4v) is 3.88. The Morgan fingerprint density at radius 2 is 1.81 bits per heavy atom. The molecular weight excluding hydrogens is 402 g/mol. The molecular formula is C25H31N5O2. The molecule has 0 bridgehead atoms. The van der Waals surface area contributed by atoms with E-state index in [0.29, 0.717) is 18.9 Å². The standard InChI is InChI=1S/C25H31N5O2/c1-3-29-14-16-30(17-15-29)23-7-5-4-6-22(23)28-25(31)26-13-12-21-18-32-24(27-21)20-10-8-19(2)9-11-20/h4-11,18H,3,12-17H2,1-2H3,(H2,26,28,31). The molecule has 2 amide bonds. The number of rotatable bonds is 7. The topological polar surface area (TPSA) is 73.6 Å². The number of para-hydroxylation sites is 2.